The molecule has 6 rings (SSSR count). The van der Waals surface area contributed by atoms with Gasteiger partial charge in [-0.05, 0) is 72.3 Å². The van der Waals surface area contributed by atoms with Crippen LogP contribution in [-0.4, -0.2) is 31.9 Å². The van der Waals surface area contributed by atoms with E-state index in [-0.39, 0.29) is 0 Å². The van der Waals surface area contributed by atoms with E-state index in [9.17, 15) is 0 Å². The van der Waals surface area contributed by atoms with Crippen molar-refractivity contribution in [3.05, 3.63) is 109 Å². The number of pyridine rings is 1. The van der Waals surface area contributed by atoms with Crippen molar-refractivity contribution in [3.8, 4) is 28.5 Å². The van der Waals surface area contributed by atoms with Crippen LogP contribution in [0.15, 0.2) is 97.2 Å². The minimum atomic E-state index is 0.621. The zero-order valence-corrected chi connectivity index (χ0v) is 19.0. The molecule has 3 heterocycles. The third kappa shape index (κ3) is 4.27. The molecule has 170 valence electrons. The van der Waals surface area contributed by atoms with Crippen molar-refractivity contribution in [2.45, 2.75) is 6.42 Å². The van der Waals surface area contributed by atoms with Crippen LogP contribution in [0.4, 0.5) is 0 Å². The van der Waals surface area contributed by atoms with Gasteiger partial charge in [0.1, 0.15) is 17.2 Å². The quantitative estimate of drug-likeness (QED) is 0.317. The van der Waals surface area contributed by atoms with Crippen molar-refractivity contribution in [2.24, 2.45) is 0 Å². The predicted molar refractivity (Wildman–Crippen MR) is 134 cm³/mol. The summed E-state index contributed by atoms with van der Waals surface area (Å²) in [7, 11) is 1.64. The van der Waals surface area contributed by atoms with Gasteiger partial charge in [-0.25, -0.2) is 0 Å². The Morgan fingerprint density at radius 1 is 0.771 bits per heavy atom. The third-order valence-electron chi connectivity index (χ3n) is 5.78. The molecule has 6 aromatic rings. The Morgan fingerprint density at radius 2 is 1.66 bits per heavy atom. The molecule has 0 radical (unpaired) electrons. The van der Waals surface area contributed by atoms with Gasteiger partial charge in [-0.1, -0.05) is 18.2 Å². The smallest absolute Gasteiger partial charge is 0.177 e. The molecular weight excluding hydrogens is 438 g/mol. The van der Waals surface area contributed by atoms with E-state index in [0.29, 0.717) is 12.1 Å². The van der Waals surface area contributed by atoms with Crippen LogP contribution in [0.5, 0.6) is 17.2 Å². The third-order valence-corrected chi connectivity index (χ3v) is 5.78. The highest BCUT2D eigenvalue weighted by atomic mass is 16.5. The lowest BCUT2D eigenvalue weighted by Gasteiger charge is -2.08. The number of hydrogen-bond acceptors (Lipinski definition) is 6. The number of ether oxygens (including phenoxy) is 2. The molecule has 7 nitrogen and oxygen atoms in total. The first-order valence-electron chi connectivity index (χ1n) is 11.2. The number of fused-ring (bicyclic) bond motifs is 2. The largest absolute Gasteiger partial charge is 0.497 e. The summed E-state index contributed by atoms with van der Waals surface area (Å²) in [6.07, 6.45) is 2.42. The molecule has 35 heavy (non-hydrogen) atoms. The van der Waals surface area contributed by atoms with Crippen molar-refractivity contribution in [2.75, 3.05) is 7.11 Å². The van der Waals surface area contributed by atoms with Crippen LogP contribution in [-0.2, 0) is 6.42 Å². The van der Waals surface area contributed by atoms with E-state index >= 15 is 0 Å². The lowest BCUT2D eigenvalue weighted by Crippen LogP contribution is -2.01. The zero-order chi connectivity index (χ0) is 23.6. The number of hydrogen-bond donors (Lipinski definition) is 0. The standard InChI is InChI=1S/C28H21N5O2/c1-34-23-5-2-6-24(18-23)35-22-10-8-20(9-11-22)26-13-14-27-30-31-28(33(27)32-26)17-19-7-12-25-21(16-19)4-3-15-29-25/h2-16,18H,17H2,1H3. The predicted octanol–water partition coefficient (Wildman–Crippen LogP) is 5.73. The maximum Gasteiger partial charge on any atom is 0.177 e. The molecule has 0 aliphatic heterocycles. The summed E-state index contributed by atoms with van der Waals surface area (Å²) in [5, 5.41) is 14.6. The van der Waals surface area contributed by atoms with E-state index in [1.807, 2.05) is 77.3 Å². The second-order valence-corrected chi connectivity index (χ2v) is 8.12. The Hall–Kier alpha value is -4.78. The molecule has 0 saturated carbocycles. The monoisotopic (exact) mass is 459 g/mol. The van der Waals surface area contributed by atoms with Crippen LogP contribution < -0.4 is 9.47 Å². The molecule has 0 aliphatic rings. The highest BCUT2D eigenvalue weighted by Crippen LogP contribution is 2.27. The number of benzene rings is 3. The SMILES string of the molecule is COc1cccc(Oc2ccc(-c3ccc4nnc(Cc5ccc6ncccc6c5)n4n3)cc2)c1. The normalized spacial score (nSPS) is 11.1. The second kappa shape index (κ2) is 8.87. The molecule has 0 N–H and O–H groups in total. The lowest BCUT2D eigenvalue weighted by atomic mass is 10.1. The fourth-order valence-electron chi connectivity index (χ4n) is 4.01. The molecule has 0 spiro atoms. The van der Waals surface area contributed by atoms with Gasteiger partial charge < -0.3 is 9.47 Å². The summed E-state index contributed by atoms with van der Waals surface area (Å²) >= 11 is 0. The van der Waals surface area contributed by atoms with Crippen LogP contribution in [0.25, 0.3) is 27.8 Å². The Morgan fingerprint density at radius 3 is 2.54 bits per heavy atom. The summed E-state index contributed by atoms with van der Waals surface area (Å²) < 4.78 is 13.0. The minimum absolute atomic E-state index is 0.621. The van der Waals surface area contributed by atoms with Gasteiger partial charge in [-0.2, -0.15) is 9.61 Å². The van der Waals surface area contributed by atoms with E-state index in [2.05, 4.69) is 33.4 Å². The summed E-state index contributed by atoms with van der Waals surface area (Å²) in [6, 6.07) is 29.5. The number of rotatable bonds is 6. The van der Waals surface area contributed by atoms with E-state index in [1.165, 1.54) is 0 Å². The second-order valence-electron chi connectivity index (χ2n) is 8.12. The maximum absolute atomic E-state index is 5.96. The highest BCUT2D eigenvalue weighted by Gasteiger charge is 2.11. The topological polar surface area (TPSA) is 74.4 Å². The van der Waals surface area contributed by atoms with Crippen molar-refractivity contribution >= 4 is 16.6 Å². The number of aromatic nitrogens is 5. The first-order chi connectivity index (χ1) is 17.2. The molecular formula is C28H21N5O2. The van der Waals surface area contributed by atoms with Gasteiger partial charge >= 0.3 is 0 Å². The fourth-order valence-corrected chi connectivity index (χ4v) is 4.01. The lowest BCUT2D eigenvalue weighted by molar-refractivity contribution is 0.409. The Bertz CT molecular complexity index is 1640. The molecule has 0 saturated heterocycles. The van der Waals surface area contributed by atoms with Crippen LogP contribution in [0.3, 0.4) is 0 Å². The summed E-state index contributed by atoms with van der Waals surface area (Å²) in [5.41, 5.74) is 4.62. The Balaban J connectivity index is 1.25. The van der Waals surface area contributed by atoms with Gasteiger partial charge in [-0.3, -0.25) is 4.98 Å². The van der Waals surface area contributed by atoms with Gasteiger partial charge in [0, 0.05) is 29.6 Å². The molecule has 3 aromatic heterocycles. The van der Waals surface area contributed by atoms with Crippen molar-refractivity contribution < 1.29 is 9.47 Å². The minimum Gasteiger partial charge on any atom is -0.497 e. The summed E-state index contributed by atoms with van der Waals surface area (Å²) in [5.74, 6) is 2.99. The van der Waals surface area contributed by atoms with Gasteiger partial charge in [-0.15, -0.1) is 10.2 Å². The van der Waals surface area contributed by atoms with Gasteiger partial charge in [0.05, 0.1) is 18.3 Å². The molecule has 0 atom stereocenters. The van der Waals surface area contributed by atoms with Gasteiger partial charge in [0.25, 0.3) is 0 Å². The molecule has 0 unspecified atom stereocenters. The van der Waals surface area contributed by atoms with Gasteiger partial charge in [0.2, 0.25) is 0 Å². The Kier molecular flexibility index (Phi) is 5.27. The Labute approximate surface area is 201 Å². The first-order valence-corrected chi connectivity index (χ1v) is 11.2. The fraction of sp³-hybridized carbons (Fsp3) is 0.0714. The average Bonchev–Trinajstić information content (AvgIpc) is 3.31. The maximum atomic E-state index is 5.96. The van der Waals surface area contributed by atoms with E-state index in [0.717, 1.165) is 50.8 Å². The van der Waals surface area contributed by atoms with E-state index in [1.54, 1.807) is 13.3 Å². The molecule has 3 aromatic carbocycles. The summed E-state index contributed by atoms with van der Waals surface area (Å²) in [4.78, 5) is 4.39. The number of nitrogens with zero attached hydrogens (tertiary/aromatic N) is 5. The van der Waals surface area contributed by atoms with Crippen LogP contribution in [0, 0.1) is 0 Å². The molecule has 0 amide bonds. The average molecular weight is 460 g/mol. The molecule has 7 heteroatoms. The van der Waals surface area contributed by atoms with E-state index in [4.69, 9.17) is 14.6 Å². The van der Waals surface area contributed by atoms with Crippen LogP contribution in [0.1, 0.15) is 11.4 Å². The number of methoxy groups -OCH3 is 1. The summed E-state index contributed by atoms with van der Waals surface area (Å²) in [6.45, 7) is 0. The zero-order valence-electron chi connectivity index (χ0n) is 19.0. The van der Waals surface area contributed by atoms with Crippen molar-refractivity contribution in [3.63, 3.8) is 0 Å². The van der Waals surface area contributed by atoms with Crippen LogP contribution >= 0.6 is 0 Å². The molecule has 0 fully saturated rings. The van der Waals surface area contributed by atoms with Gasteiger partial charge in [0.15, 0.2) is 11.5 Å². The van der Waals surface area contributed by atoms with E-state index < -0.39 is 0 Å². The van der Waals surface area contributed by atoms with Crippen molar-refractivity contribution in [1.29, 1.82) is 0 Å². The molecule has 0 bridgehead atoms. The van der Waals surface area contributed by atoms with Crippen LogP contribution in [0.2, 0.25) is 0 Å². The molecule has 0 aliphatic carbocycles. The first kappa shape index (κ1) is 20.8. The highest BCUT2D eigenvalue weighted by molar-refractivity contribution is 5.79. The van der Waals surface area contributed by atoms with Crippen molar-refractivity contribution in [1.82, 2.24) is 24.8 Å².